The number of nitrogens with zero attached hydrogens (tertiary/aromatic N) is 2. The van der Waals surface area contributed by atoms with Crippen molar-refractivity contribution in [1.29, 1.82) is 0 Å². The SMILES string of the molecule is O=C(CSc1nc2ccsc2c(=O)n1CCO)NCCC1=CCCCC1. The van der Waals surface area contributed by atoms with Gasteiger partial charge in [0.2, 0.25) is 5.91 Å². The van der Waals surface area contributed by atoms with E-state index in [-0.39, 0.29) is 30.4 Å². The first-order valence-corrected chi connectivity index (χ1v) is 10.7. The van der Waals surface area contributed by atoms with E-state index in [0.717, 1.165) is 19.3 Å². The average molecular weight is 394 g/mol. The Balaban J connectivity index is 1.58. The summed E-state index contributed by atoms with van der Waals surface area (Å²) in [6, 6.07) is 1.80. The van der Waals surface area contributed by atoms with Crippen molar-refractivity contribution in [3.8, 4) is 0 Å². The Hall–Kier alpha value is -1.64. The van der Waals surface area contributed by atoms with Gasteiger partial charge in [-0.05, 0) is 43.6 Å². The molecule has 1 aliphatic carbocycles. The van der Waals surface area contributed by atoms with Crippen LogP contribution >= 0.6 is 23.1 Å². The van der Waals surface area contributed by atoms with Gasteiger partial charge >= 0.3 is 0 Å². The molecule has 0 unspecified atom stereocenters. The molecule has 0 radical (unpaired) electrons. The lowest BCUT2D eigenvalue weighted by atomic mass is 9.97. The van der Waals surface area contributed by atoms with E-state index in [0.29, 0.717) is 21.9 Å². The molecule has 0 spiro atoms. The maximum atomic E-state index is 12.5. The number of allylic oxidation sites excluding steroid dienone is 1. The molecule has 3 rings (SSSR count). The zero-order valence-electron chi connectivity index (χ0n) is 14.6. The molecule has 0 atom stereocenters. The number of thiophene rings is 1. The van der Waals surface area contributed by atoms with Gasteiger partial charge in [-0.1, -0.05) is 23.4 Å². The smallest absolute Gasteiger partial charge is 0.272 e. The van der Waals surface area contributed by atoms with Gasteiger partial charge in [0.1, 0.15) is 4.70 Å². The van der Waals surface area contributed by atoms with Gasteiger partial charge in [0.05, 0.1) is 24.4 Å². The van der Waals surface area contributed by atoms with Crippen molar-refractivity contribution < 1.29 is 9.90 Å². The second-order valence-corrected chi connectivity index (χ2v) is 8.07. The van der Waals surface area contributed by atoms with Gasteiger partial charge in [0, 0.05) is 6.54 Å². The summed E-state index contributed by atoms with van der Waals surface area (Å²) in [7, 11) is 0. The van der Waals surface area contributed by atoms with Gasteiger partial charge in [-0.15, -0.1) is 11.3 Å². The fourth-order valence-electron chi connectivity index (χ4n) is 3.01. The lowest BCUT2D eigenvalue weighted by Gasteiger charge is -2.13. The van der Waals surface area contributed by atoms with Crippen LogP contribution in [0.2, 0.25) is 0 Å². The standard InChI is InChI=1S/C18H23N3O3S2/c22-10-9-21-17(24)16-14(7-11-25-16)20-18(21)26-12-15(23)19-8-6-13-4-2-1-3-5-13/h4,7,11,22H,1-3,5-6,8-10,12H2,(H,19,23). The van der Waals surface area contributed by atoms with E-state index in [2.05, 4.69) is 16.4 Å². The van der Waals surface area contributed by atoms with Crippen LogP contribution in [0, 0.1) is 0 Å². The molecule has 2 heterocycles. The molecule has 26 heavy (non-hydrogen) atoms. The summed E-state index contributed by atoms with van der Waals surface area (Å²) < 4.78 is 2.02. The van der Waals surface area contributed by atoms with Crippen LogP contribution in [0.1, 0.15) is 32.1 Å². The van der Waals surface area contributed by atoms with E-state index < -0.39 is 0 Å². The quantitative estimate of drug-likeness (QED) is 0.409. The minimum Gasteiger partial charge on any atom is -0.395 e. The number of aliphatic hydroxyl groups is 1. The van der Waals surface area contributed by atoms with Crippen molar-refractivity contribution in [1.82, 2.24) is 14.9 Å². The molecule has 0 aliphatic heterocycles. The summed E-state index contributed by atoms with van der Waals surface area (Å²) in [6.07, 6.45) is 8.00. The molecule has 140 valence electrons. The molecule has 0 saturated carbocycles. The highest BCUT2D eigenvalue weighted by Crippen LogP contribution is 2.21. The van der Waals surface area contributed by atoms with Crippen LogP contribution < -0.4 is 10.9 Å². The van der Waals surface area contributed by atoms with Gasteiger partial charge in [-0.3, -0.25) is 14.2 Å². The molecule has 2 aromatic heterocycles. The number of nitrogens with one attached hydrogen (secondary N) is 1. The first-order chi connectivity index (χ1) is 12.7. The minimum atomic E-state index is -0.161. The molecule has 8 heteroatoms. The predicted molar refractivity (Wildman–Crippen MR) is 106 cm³/mol. The first-order valence-electron chi connectivity index (χ1n) is 8.85. The van der Waals surface area contributed by atoms with Crippen molar-refractivity contribution in [3.05, 3.63) is 33.4 Å². The maximum Gasteiger partial charge on any atom is 0.272 e. The molecule has 6 nitrogen and oxygen atoms in total. The second-order valence-electron chi connectivity index (χ2n) is 6.21. The molecule has 0 saturated heterocycles. The number of hydrogen-bond donors (Lipinski definition) is 2. The number of aromatic nitrogens is 2. The number of hydrogen-bond acceptors (Lipinski definition) is 6. The number of carbonyl (C=O) groups excluding carboxylic acids is 1. The van der Waals surface area contributed by atoms with E-state index in [1.165, 1.54) is 46.1 Å². The van der Waals surface area contributed by atoms with Crippen LogP contribution in [0.25, 0.3) is 10.2 Å². The van der Waals surface area contributed by atoms with Crippen molar-refractivity contribution in [2.75, 3.05) is 18.9 Å². The molecule has 1 amide bonds. The summed E-state index contributed by atoms with van der Waals surface area (Å²) in [5.74, 6) is 0.133. The summed E-state index contributed by atoms with van der Waals surface area (Å²) in [5, 5.41) is 14.5. The highest BCUT2D eigenvalue weighted by atomic mass is 32.2. The van der Waals surface area contributed by atoms with Crippen molar-refractivity contribution in [3.63, 3.8) is 0 Å². The van der Waals surface area contributed by atoms with Crippen LogP contribution in [-0.4, -0.2) is 39.5 Å². The zero-order valence-corrected chi connectivity index (χ0v) is 16.2. The van der Waals surface area contributed by atoms with Gasteiger partial charge in [-0.2, -0.15) is 0 Å². The van der Waals surface area contributed by atoms with Crippen LogP contribution in [0.15, 0.2) is 33.0 Å². The number of amides is 1. The van der Waals surface area contributed by atoms with E-state index in [4.69, 9.17) is 0 Å². The van der Waals surface area contributed by atoms with Crippen molar-refractivity contribution in [2.45, 2.75) is 43.8 Å². The summed E-state index contributed by atoms with van der Waals surface area (Å²) in [5.41, 5.74) is 1.91. The summed E-state index contributed by atoms with van der Waals surface area (Å²) >= 11 is 2.57. The number of aliphatic hydroxyl groups excluding tert-OH is 1. The Kier molecular flexibility index (Phi) is 6.87. The lowest BCUT2D eigenvalue weighted by molar-refractivity contribution is -0.118. The minimum absolute atomic E-state index is 0.0679. The number of fused-ring (bicyclic) bond motifs is 1. The highest BCUT2D eigenvalue weighted by Gasteiger charge is 2.14. The van der Waals surface area contributed by atoms with Gasteiger partial charge in [0.25, 0.3) is 5.56 Å². The Morgan fingerprint density at radius 2 is 2.31 bits per heavy atom. The average Bonchev–Trinajstić information content (AvgIpc) is 3.12. The molecule has 2 N–H and O–H groups in total. The predicted octanol–water partition coefficient (Wildman–Crippen LogP) is 2.55. The Bertz CT molecular complexity index is 857. The second kappa shape index (κ2) is 9.34. The third-order valence-corrected chi connectivity index (χ3v) is 6.21. The lowest BCUT2D eigenvalue weighted by Crippen LogP contribution is -2.28. The summed E-state index contributed by atoms with van der Waals surface area (Å²) in [6.45, 7) is 0.677. The van der Waals surface area contributed by atoms with Gasteiger partial charge in [-0.25, -0.2) is 4.98 Å². The van der Waals surface area contributed by atoms with Crippen LogP contribution in [0.5, 0.6) is 0 Å². The van der Waals surface area contributed by atoms with Crippen LogP contribution in [0.3, 0.4) is 0 Å². The van der Waals surface area contributed by atoms with Crippen LogP contribution in [0.4, 0.5) is 0 Å². The molecule has 1 aliphatic rings. The number of rotatable bonds is 8. The third-order valence-electron chi connectivity index (χ3n) is 4.34. The van der Waals surface area contributed by atoms with Crippen LogP contribution in [-0.2, 0) is 11.3 Å². The van der Waals surface area contributed by atoms with Gasteiger partial charge < -0.3 is 10.4 Å². The Morgan fingerprint density at radius 3 is 3.08 bits per heavy atom. The van der Waals surface area contributed by atoms with Crippen molar-refractivity contribution in [2.24, 2.45) is 0 Å². The van der Waals surface area contributed by atoms with E-state index >= 15 is 0 Å². The Morgan fingerprint density at radius 1 is 1.42 bits per heavy atom. The van der Waals surface area contributed by atoms with E-state index in [9.17, 15) is 14.7 Å². The van der Waals surface area contributed by atoms with Gasteiger partial charge in [0.15, 0.2) is 5.16 Å². The monoisotopic (exact) mass is 393 g/mol. The molecule has 0 aromatic carbocycles. The normalized spacial score (nSPS) is 14.4. The zero-order chi connectivity index (χ0) is 18.4. The summed E-state index contributed by atoms with van der Waals surface area (Å²) in [4.78, 5) is 29.1. The third kappa shape index (κ3) is 4.75. The molecule has 0 fully saturated rings. The molecular weight excluding hydrogens is 370 g/mol. The van der Waals surface area contributed by atoms with E-state index in [1.807, 2.05) is 5.38 Å². The topological polar surface area (TPSA) is 84.2 Å². The first kappa shape index (κ1) is 19.1. The largest absolute Gasteiger partial charge is 0.395 e. The molecule has 2 aromatic rings. The number of thioether (sulfide) groups is 1. The number of carbonyl (C=O) groups is 1. The fourth-order valence-corrected chi connectivity index (χ4v) is 4.64. The highest BCUT2D eigenvalue weighted by molar-refractivity contribution is 7.99. The van der Waals surface area contributed by atoms with Crippen molar-refractivity contribution >= 4 is 39.2 Å². The molecular formula is C18H23N3O3S2. The maximum absolute atomic E-state index is 12.5. The molecule has 0 bridgehead atoms. The fraction of sp³-hybridized carbons (Fsp3) is 0.500. The Labute approximate surface area is 160 Å². The van der Waals surface area contributed by atoms with E-state index in [1.54, 1.807) is 6.07 Å².